The van der Waals surface area contributed by atoms with E-state index in [9.17, 15) is 17.8 Å². The van der Waals surface area contributed by atoms with Crippen LogP contribution < -0.4 is 10.3 Å². The summed E-state index contributed by atoms with van der Waals surface area (Å²) in [6.07, 6.45) is 1.48. The molecule has 0 amide bonds. The fourth-order valence-electron chi connectivity index (χ4n) is 2.64. The van der Waals surface area contributed by atoms with Crippen molar-refractivity contribution >= 4 is 39.0 Å². The Balaban J connectivity index is 1.98. The van der Waals surface area contributed by atoms with Crippen LogP contribution in [0, 0.1) is 11.6 Å². The van der Waals surface area contributed by atoms with Gasteiger partial charge in [0.25, 0.3) is 5.56 Å². The molecule has 140 valence electrons. The van der Waals surface area contributed by atoms with Gasteiger partial charge in [0.05, 0.1) is 10.6 Å². The number of anilines is 1. The molecule has 0 aliphatic heterocycles. The van der Waals surface area contributed by atoms with E-state index in [2.05, 4.69) is 16.3 Å². The van der Waals surface area contributed by atoms with E-state index in [-0.39, 0.29) is 28.0 Å². The molecule has 4 nitrogen and oxygen atoms in total. The van der Waals surface area contributed by atoms with Gasteiger partial charge in [-0.1, -0.05) is 29.8 Å². The van der Waals surface area contributed by atoms with Gasteiger partial charge in [-0.2, -0.15) is 0 Å². The molecule has 3 rings (SSSR count). The normalized spacial score (nSPS) is 12.1. The van der Waals surface area contributed by atoms with E-state index in [0.717, 1.165) is 12.1 Å². The van der Waals surface area contributed by atoms with Crippen LogP contribution in [0.4, 0.5) is 14.5 Å². The molecule has 0 aliphatic rings. The van der Waals surface area contributed by atoms with Crippen molar-refractivity contribution in [3.8, 4) is 0 Å². The third-order valence-corrected chi connectivity index (χ3v) is 5.23. The zero-order chi connectivity index (χ0) is 19.7. The van der Waals surface area contributed by atoms with E-state index < -0.39 is 28.2 Å². The van der Waals surface area contributed by atoms with Crippen molar-refractivity contribution in [1.82, 2.24) is 4.98 Å². The first-order valence-electron chi connectivity index (χ1n) is 7.88. The molecular weight excluding hydrogens is 394 g/mol. The third-order valence-electron chi connectivity index (χ3n) is 3.86. The predicted octanol–water partition coefficient (Wildman–Crippen LogP) is 4.71. The van der Waals surface area contributed by atoms with Gasteiger partial charge in [0.2, 0.25) is 0 Å². The van der Waals surface area contributed by atoms with Gasteiger partial charge in [0.15, 0.2) is 11.0 Å². The van der Waals surface area contributed by atoms with E-state index >= 15 is 0 Å². The molecule has 0 spiro atoms. The maximum Gasteiger partial charge on any atom is 0.255 e. The number of rotatable bonds is 5. The van der Waals surface area contributed by atoms with Crippen molar-refractivity contribution in [1.29, 1.82) is 0 Å². The molecule has 8 heteroatoms. The molecule has 0 radical (unpaired) electrons. The molecule has 3 aromatic rings. The monoisotopic (exact) mass is 408 g/mol. The Morgan fingerprint density at radius 1 is 1.22 bits per heavy atom. The second-order valence-electron chi connectivity index (χ2n) is 6.10. The fourth-order valence-corrected chi connectivity index (χ4v) is 3.82. The maximum atomic E-state index is 14.3. The highest BCUT2D eigenvalue weighted by Gasteiger charge is 2.16. The molecule has 0 aliphatic carbocycles. The molecular formula is C19H15ClF2N2O2S. The van der Waals surface area contributed by atoms with Crippen LogP contribution >= 0.6 is 11.6 Å². The first-order chi connectivity index (χ1) is 12.8. The van der Waals surface area contributed by atoms with Crippen molar-refractivity contribution in [3.05, 3.63) is 81.3 Å². The number of H-pyrrole nitrogens is 1. The molecule has 1 atom stereocenters. The summed E-state index contributed by atoms with van der Waals surface area (Å²) in [6.45, 7) is 5.40. The maximum absolute atomic E-state index is 14.3. The first-order valence-corrected chi connectivity index (χ1v) is 9.40. The summed E-state index contributed by atoms with van der Waals surface area (Å²) < 4.78 is 43.6. The highest BCUT2D eigenvalue weighted by Crippen LogP contribution is 2.25. The van der Waals surface area contributed by atoms with Crippen LogP contribution in [-0.4, -0.2) is 9.19 Å². The van der Waals surface area contributed by atoms with Crippen LogP contribution in [-0.2, 0) is 17.4 Å². The van der Waals surface area contributed by atoms with Gasteiger partial charge in [0, 0.05) is 28.1 Å². The number of fused-ring (bicyclic) bond motifs is 1. The first kappa shape index (κ1) is 19.3. The largest absolute Gasteiger partial charge is 0.327 e. The molecule has 1 heterocycles. The number of allylic oxidation sites excluding steroid dienone is 1. The summed E-state index contributed by atoms with van der Waals surface area (Å²) in [7, 11) is -1.95. The number of aromatic amines is 1. The van der Waals surface area contributed by atoms with E-state index in [1.165, 1.54) is 12.3 Å². The molecule has 0 bridgehead atoms. The molecule has 2 aromatic carbocycles. The van der Waals surface area contributed by atoms with Gasteiger partial charge < -0.3 is 4.98 Å². The van der Waals surface area contributed by atoms with Crippen LogP contribution in [0.3, 0.4) is 0 Å². The SMILES string of the molecule is C=C(C)Cc1cc(F)c(NS(=O)c2c[nH]c(=O)c3cc(Cl)ccc23)cc1F. The van der Waals surface area contributed by atoms with Crippen molar-refractivity contribution < 1.29 is 13.0 Å². The van der Waals surface area contributed by atoms with Crippen molar-refractivity contribution in [2.75, 3.05) is 4.72 Å². The average molecular weight is 409 g/mol. The predicted molar refractivity (Wildman–Crippen MR) is 104 cm³/mol. The standard InChI is InChI=1S/C19H15ClF2N2O2S/c1-10(2)5-11-6-16(22)17(8-15(11)21)24-27(26)18-9-23-19(25)14-7-12(20)3-4-13(14)18/h3-4,6-9,24H,1,5H2,2H3,(H,23,25). The molecule has 2 N–H and O–H groups in total. The lowest BCUT2D eigenvalue weighted by molar-refractivity contribution is 0.591. The van der Waals surface area contributed by atoms with Crippen molar-refractivity contribution in [3.63, 3.8) is 0 Å². The summed E-state index contributed by atoms with van der Waals surface area (Å²) in [5, 5.41) is 0.998. The molecule has 0 fully saturated rings. The zero-order valence-electron chi connectivity index (χ0n) is 14.2. The van der Waals surface area contributed by atoms with Gasteiger partial charge in [0.1, 0.15) is 11.6 Å². The highest BCUT2D eigenvalue weighted by molar-refractivity contribution is 7.86. The summed E-state index contributed by atoms with van der Waals surface area (Å²) in [5.74, 6) is -1.37. The Bertz CT molecular complexity index is 1140. The number of hydrogen-bond donors (Lipinski definition) is 2. The van der Waals surface area contributed by atoms with E-state index in [4.69, 9.17) is 11.6 Å². The lowest BCUT2D eigenvalue weighted by atomic mass is 10.1. The Kier molecular flexibility index (Phi) is 5.43. The topological polar surface area (TPSA) is 62.0 Å². The molecule has 27 heavy (non-hydrogen) atoms. The number of hydrogen-bond acceptors (Lipinski definition) is 2. The van der Waals surface area contributed by atoms with Gasteiger partial charge in [-0.15, -0.1) is 0 Å². The highest BCUT2D eigenvalue weighted by atomic mass is 35.5. The number of nitrogens with one attached hydrogen (secondary N) is 2. The quantitative estimate of drug-likeness (QED) is 0.600. The van der Waals surface area contributed by atoms with Crippen LogP contribution in [0.5, 0.6) is 0 Å². The van der Waals surface area contributed by atoms with Gasteiger partial charge in [-0.05, 0) is 37.1 Å². The van der Waals surface area contributed by atoms with Crippen molar-refractivity contribution in [2.45, 2.75) is 18.2 Å². The van der Waals surface area contributed by atoms with E-state index in [0.29, 0.717) is 16.0 Å². The van der Waals surface area contributed by atoms with Gasteiger partial charge in [-0.3, -0.25) is 9.52 Å². The average Bonchev–Trinajstić information content (AvgIpc) is 2.59. The minimum atomic E-state index is -1.95. The Labute approximate surface area is 161 Å². The summed E-state index contributed by atoms with van der Waals surface area (Å²) in [5.41, 5.74) is 0.218. The van der Waals surface area contributed by atoms with Crippen molar-refractivity contribution in [2.24, 2.45) is 0 Å². The van der Waals surface area contributed by atoms with Crippen LogP contribution in [0.15, 0.2) is 58.4 Å². The molecule has 0 saturated carbocycles. The lowest BCUT2D eigenvalue weighted by Crippen LogP contribution is -2.12. The minimum Gasteiger partial charge on any atom is -0.327 e. The van der Waals surface area contributed by atoms with E-state index in [1.807, 2.05) is 0 Å². The zero-order valence-corrected chi connectivity index (χ0v) is 15.8. The Hall–Kier alpha value is -2.51. The Morgan fingerprint density at radius 3 is 2.67 bits per heavy atom. The number of pyridine rings is 1. The smallest absolute Gasteiger partial charge is 0.255 e. The van der Waals surface area contributed by atoms with Gasteiger partial charge in [-0.25, -0.2) is 13.0 Å². The molecule has 1 unspecified atom stereocenters. The van der Waals surface area contributed by atoms with Crippen LogP contribution in [0.25, 0.3) is 10.8 Å². The summed E-state index contributed by atoms with van der Waals surface area (Å²) >= 11 is 5.90. The summed E-state index contributed by atoms with van der Waals surface area (Å²) in [6, 6.07) is 6.55. The van der Waals surface area contributed by atoms with Gasteiger partial charge >= 0.3 is 0 Å². The van der Waals surface area contributed by atoms with Crippen LogP contribution in [0.1, 0.15) is 12.5 Å². The number of benzene rings is 2. The summed E-state index contributed by atoms with van der Waals surface area (Å²) in [4.78, 5) is 14.6. The molecule has 1 aromatic heterocycles. The fraction of sp³-hybridized carbons (Fsp3) is 0.105. The Morgan fingerprint density at radius 2 is 1.96 bits per heavy atom. The molecule has 0 saturated heterocycles. The van der Waals surface area contributed by atoms with E-state index in [1.54, 1.807) is 19.1 Å². The second kappa shape index (κ2) is 7.62. The minimum absolute atomic E-state index is 0.167. The second-order valence-corrected chi connectivity index (χ2v) is 7.72. The lowest BCUT2D eigenvalue weighted by Gasteiger charge is -2.11. The van der Waals surface area contributed by atoms with Crippen LogP contribution in [0.2, 0.25) is 5.02 Å². The third kappa shape index (κ3) is 4.09. The number of aromatic nitrogens is 1. The number of halogens is 3.